The molecule has 0 bridgehead atoms. The van der Waals surface area contributed by atoms with Crippen molar-refractivity contribution in [1.82, 2.24) is 0 Å². The van der Waals surface area contributed by atoms with E-state index in [1.165, 1.54) is 16.7 Å². The number of benzene rings is 3. The highest BCUT2D eigenvalue weighted by Crippen LogP contribution is 2.25. The van der Waals surface area contributed by atoms with E-state index in [0.717, 1.165) is 16.9 Å². The van der Waals surface area contributed by atoms with Gasteiger partial charge in [-0.15, -0.1) is 12.6 Å². The van der Waals surface area contributed by atoms with Crippen molar-refractivity contribution in [2.24, 2.45) is 0 Å². The second-order valence-corrected chi connectivity index (χ2v) is 6.09. The molecule has 0 unspecified atom stereocenters. The van der Waals surface area contributed by atoms with E-state index < -0.39 is 0 Å². The molecule has 0 nitrogen and oxygen atoms in total. The van der Waals surface area contributed by atoms with E-state index in [-0.39, 0.29) is 0 Å². The maximum atomic E-state index is 4.71. The average molecular weight is 328 g/mol. The van der Waals surface area contributed by atoms with Crippen LogP contribution in [0.4, 0.5) is 0 Å². The van der Waals surface area contributed by atoms with E-state index >= 15 is 0 Å². The quantitative estimate of drug-likeness (QED) is 0.413. The lowest BCUT2D eigenvalue weighted by atomic mass is 10.0. The molecule has 0 spiro atoms. The van der Waals surface area contributed by atoms with Gasteiger partial charge < -0.3 is 0 Å². The molecule has 1 heteroatoms. The number of rotatable bonds is 5. The lowest BCUT2D eigenvalue weighted by Gasteiger charge is -2.07. The molecule has 0 aliphatic rings. The van der Waals surface area contributed by atoms with E-state index in [1.54, 1.807) is 0 Å². The molecule has 118 valence electrons. The second kappa shape index (κ2) is 8.37. The Labute approximate surface area is 149 Å². The first kappa shape index (κ1) is 16.4. The Bertz CT molecular complexity index is 816. The SMILES string of the molecule is S/C(=C\C(=C/Cc1ccccc1)c1ccccc1)c1ccccc1. The van der Waals surface area contributed by atoms with Crippen LogP contribution in [0.2, 0.25) is 0 Å². The third kappa shape index (κ3) is 4.50. The molecule has 0 heterocycles. The third-order valence-electron chi connectivity index (χ3n) is 3.87. The minimum atomic E-state index is 0.900. The van der Waals surface area contributed by atoms with Gasteiger partial charge in [-0.05, 0) is 34.8 Å². The van der Waals surface area contributed by atoms with Crippen LogP contribution in [-0.2, 0) is 6.42 Å². The van der Waals surface area contributed by atoms with E-state index in [9.17, 15) is 0 Å². The Morgan fingerprint density at radius 1 is 0.667 bits per heavy atom. The lowest BCUT2D eigenvalue weighted by Crippen LogP contribution is -1.86. The van der Waals surface area contributed by atoms with Crippen LogP contribution < -0.4 is 0 Å². The van der Waals surface area contributed by atoms with Gasteiger partial charge in [-0.1, -0.05) is 97.1 Å². The van der Waals surface area contributed by atoms with Gasteiger partial charge in [0.1, 0.15) is 0 Å². The average Bonchev–Trinajstić information content (AvgIpc) is 2.67. The molecular formula is C23H20S. The molecule has 0 amide bonds. The van der Waals surface area contributed by atoms with Gasteiger partial charge >= 0.3 is 0 Å². The fraction of sp³-hybridized carbons (Fsp3) is 0.0435. The largest absolute Gasteiger partial charge is 0.143 e. The highest BCUT2D eigenvalue weighted by Gasteiger charge is 2.02. The van der Waals surface area contributed by atoms with Gasteiger partial charge in [0.2, 0.25) is 0 Å². The molecule has 0 atom stereocenters. The van der Waals surface area contributed by atoms with Crippen LogP contribution >= 0.6 is 12.6 Å². The molecule has 3 aromatic carbocycles. The molecule has 0 aliphatic heterocycles. The minimum Gasteiger partial charge on any atom is -0.143 e. The highest BCUT2D eigenvalue weighted by molar-refractivity contribution is 7.90. The van der Waals surface area contributed by atoms with Crippen LogP contribution in [0.5, 0.6) is 0 Å². The van der Waals surface area contributed by atoms with Crippen LogP contribution in [0.15, 0.2) is 103 Å². The molecule has 0 N–H and O–H groups in total. The monoisotopic (exact) mass is 328 g/mol. The normalized spacial score (nSPS) is 12.2. The summed E-state index contributed by atoms with van der Waals surface area (Å²) in [4.78, 5) is 0.971. The van der Waals surface area contributed by atoms with Gasteiger partial charge in [-0.2, -0.15) is 0 Å². The van der Waals surface area contributed by atoms with Crippen molar-refractivity contribution in [2.45, 2.75) is 6.42 Å². The standard InChI is InChI=1S/C23H20S/c24-23(21-14-8-3-9-15-21)18-22(20-12-6-2-7-13-20)17-16-19-10-4-1-5-11-19/h1-15,17-18,24H,16H2/b22-17+,23-18-. The van der Waals surface area contributed by atoms with Gasteiger partial charge in [-0.25, -0.2) is 0 Å². The van der Waals surface area contributed by atoms with Gasteiger partial charge in [-0.3, -0.25) is 0 Å². The van der Waals surface area contributed by atoms with Crippen molar-refractivity contribution in [3.63, 3.8) is 0 Å². The summed E-state index contributed by atoms with van der Waals surface area (Å²) in [6.07, 6.45) is 5.32. The first-order valence-electron chi connectivity index (χ1n) is 8.08. The Balaban J connectivity index is 1.94. The molecule has 3 rings (SSSR count). The molecule has 24 heavy (non-hydrogen) atoms. The third-order valence-corrected chi connectivity index (χ3v) is 4.26. The van der Waals surface area contributed by atoms with Gasteiger partial charge in [0.25, 0.3) is 0 Å². The van der Waals surface area contributed by atoms with Crippen LogP contribution in [0, 0.1) is 0 Å². The van der Waals surface area contributed by atoms with Gasteiger partial charge in [0.05, 0.1) is 0 Å². The Hall–Kier alpha value is -2.51. The summed E-state index contributed by atoms with van der Waals surface area (Å²) in [6.45, 7) is 0. The molecule has 0 fully saturated rings. The summed E-state index contributed by atoms with van der Waals surface area (Å²) in [5, 5.41) is 0. The molecular weight excluding hydrogens is 308 g/mol. The molecule has 0 saturated heterocycles. The van der Waals surface area contributed by atoms with Crippen molar-refractivity contribution >= 4 is 23.1 Å². The van der Waals surface area contributed by atoms with Crippen molar-refractivity contribution in [3.8, 4) is 0 Å². The predicted octanol–water partition coefficient (Wildman–Crippen LogP) is 6.28. The van der Waals surface area contributed by atoms with Crippen LogP contribution in [0.25, 0.3) is 10.5 Å². The fourth-order valence-electron chi connectivity index (χ4n) is 2.57. The first-order chi connectivity index (χ1) is 11.8. The number of thiol groups is 1. The number of hydrogen-bond acceptors (Lipinski definition) is 1. The molecule has 3 aromatic rings. The van der Waals surface area contributed by atoms with Crippen molar-refractivity contribution in [3.05, 3.63) is 120 Å². The zero-order chi connectivity index (χ0) is 16.6. The van der Waals surface area contributed by atoms with Crippen LogP contribution in [0.1, 0.15) is 16.7 Å². The Morgan fingerprint density at radius 2 is 1.17 bits per heavy atom. The number of hydrogen-bond donors (Lipinski definition) is 1. The van der Waals surface area contributed by atoms with E-state index in [4.69, 9.17) is 12.6 Å². The summed E-state index contributed by atoms with van der Waals surface area (Å²) >= 11 is 4.71. The van der Waals surface area contributed by atoms with Gasteiger partial charge in [0.15, 0.2) is 0 Å². The summed E-state index contributed by atoms with van der Waals surface area (Å²) < 4.78 is 0. The summed E-state index contributed by atoms with van der Waals surface area (Å²) in [5.41, 5.74) is 4.83. The van der Waals surface area contributed by atoms with Crippen LogP contribution in [-0.4, -0.2) is 0 Å². The molecule has 0 saturated carbocycles. The molecule has 0 aliphatic carbocycles. The smallest absolute Gasteiger partial charge is 0.0119 e. The molecule has 0 radical (unpaired) electrons. The lowest BCUT2D eigenvalue weighted by molar-refractivity contribution is 1.27. The minimum absolute atomic E-state index is 0.900. The van der Waals surface area contributed by atoms with Crippen molar-refractivity contribution in [2.75, 3.05) is 0 Å². The van der Waals surface area contributed by atoms with Gasteiger partial charge in [0, 0.05) is 4.91 Å². The van der Waals surface area contributed by atoms with E-state index in [2.05, 4.69) is 72.8 Å². The topological polar surface area (TPSA) is 0 Å². The van der Waals surface area contributed by atoms with E-state index in [1.807, 2.05) is 30.3 Å². The number of allylic oxidation sites excluding steroid dienone is 3. The zero-order valence-electron chi connectivity index (χ0n) is 13.5. The molecule has 0 aromatic heterocycles. The zero-order valence-corrected chi connectivity index (χ0v) is 14.4. The first-order valence-corrected chi connectivity index (χ1v) is 8.53. The Morgan fingerprint density at radius 3 is 1.75 bits per heavy atom. The fourth-order valence-corrected chi connectivity index (χ4v) is 2.86. The summed E-state index contributed by atoms with van der Waals surface area (Å²) in [7, 11) is 0. The Kier molecular flexibility index (Phi) is 5.70. The maximum absolute atomic E-state index is 4.71. The van der Waals surface area contributed by atoms with E-state index in [0.29, 0.717) is 0 Å². The maximum Gasteiger partial charge on any atom is 0.0119 e. The van der Waals surface area contributed by atoms with Crippen molar-refractivity contribution in [1.29, 1.82) is 0 Å². The summed E-state index contributed by atoms with van der Waals surface area (Å²) in [5.74, 6) is 0. The summed E-state index contributed by atoms with van der Waals surface area (Å²) in [6, 6.07) is 31.2. The predicted molar refractivity (Wildman–Crippen MR) is 108 cm³/mol. The van der Waals surface area contributed by atoms with Crippen LogP contribution in [0.3, 0.4) is 0 Å². The van der Waals surface area contributed by atoms with Crippen molar-refractivity contribution < 1.29 is 0 Å². The highest BCUT2D eigenvalue weighted by atomic mass is 32.1. The second-order valence-electron chi connectivity index (χ2n) is 5.61.